The lowest BCUT2D eigenvalue weighted by Crippen LogP contribution is -1.81. The second-order valence-electron chi connectivity index (χ2n) is 2.49. The minimum absolute atomic E-state index is 0.459. The van der Waals surface area contributed by atoms with E-state index in [4.69, 9.17) is 5.26 Å². The van der Waals surface area contributed by atoms with E-state index in [1.807, 2.05) is 24.3 Å². The van der Waals surface area contributed by atoms with Crippen LogP contribution in [0.3, 0.4) is 0 Å². The second-order valence-corrected chi connectivity index (χ2v) is 2.81. The molecule has 2 heteroatoms. The van der Waals surface area contributed by atoms with Crippen molar-refractivity contribution in [2.45, 2.75) is 6.42 Å². The third-order valence-electron chi connectivity index (χ3n) is 1.55. The van der Waals surface area contributed by atoms with Gasteiger partial charge in [-0.25, -0.2) is 0 Å². The van der Waals surface area contributed by atoms with Crippen LogP contribution >= 0.6 is 12.6 Å². The molecule has 1 aromatic carbocycles. The van der Waals surface area contributed by atoms with Gasteiger partial charge in [0, 0.05) is 5.56 Å². The smallest absolute Gasteiger partial charge is 0.0669 e. The fourth-order valence-electron chi connectivity index (χ4n) is 0.939. The zero-order valence-electron chi connectivity index (χ0n) is 7.12. The van der Waals surface area contributed by atoms with Gasteiger partial charge in [0.15, 0.2) is 0 Å². The Morgan fingerprint density at radius 3 is 2.46 bits per heavy atom. The first-order valence-electron chi connectivity index (χ1n) is 3.92. The lowest BCUT2D eigenvalue weighted by atomic mass is 10.1. The maximum Gasteiger partial charge on any atom is 0.0669 e. The van der Waals surface area contributed by atoms with Gasteiger partial charge in [-0.05, 0) is 17.7 Å². The van der Waals surface area contributed by atoms with Crippen LogP contribution < -0.4 is 0 Å². The fourth-order valence-corrected chi connectivity index (χ4v) is 1.02. The zero-order valence-corrected chi connectivity index (χ0v) is 8.01. The van der Waals surface area contributed by atoms with Gasteiger partial charge >= 0.3 is 0 Å². The van der Waals surface area contributed by atoms with E-state index in [-0.39, 0.29) is 0 Å². The molecule has 0 amide bonds. The maximum absolute atomic E-state index is 8.44. The lowest BCUT2D eigenvalue weighted by Gasteiger charge is -1.93. The number of rotatable bonds is 1. The molecule has 0 bridgehead atoms. The van der Waals surface area contributed by atoms with E-state index < -0.39 is 0 Å². The van der Waals surface area contributed by atoms with E-state index >= 15 is 0 Å². The summed E-state index contributed by atoms with van der Waals surface area (Å²) in [4.78, 5) is 0. The van der Waals surface area contributed by atoms with Gasteiger partial charge < -0.3 is 0 Å². The predicted molar refractivity (Wildman–Crippen MR) is 56.5 cm³/mol. The van der Waals surface area contributed by atoms with E-state index in [0.717, 1.165) is 11.1 Å². The van der Waals surface area contributed by atoms with Crippen LogP contribution in [0.25, 0.3) is 0 Å². The molecule has 0 aliphatic rings. The molecule has 0 saturated heterocycles. The molecule has 0 fully saturated rings. The molecule has 0 saturated carbocycles. The van der Waals surface area contributed by atoms with Gasteiger partial charge in [-0.2, -0.15) is 17.9 Å². The van der Waals surface area contributed by atoms with Crippen LogP contribution in [0.15, 0.2) is 24.3 Å². The Hall–Kier alpha value is -1.38. The van der Waals surface area contributed by atoms with Crippen molar-refractivity contribution in [2.75, 3.05) is 5.75 Å². The van der Waals surface area contributed by atoms with Crippen molar-refractivity contribution in [1.82, 2.24) is 0 Å². The maximum atomic E-state index is 8.44. The Balaban J connectivity index is 2.76. The third-order valence-corrected chi connectivity index (χ3v) is 1.71. The van der Waals surface area contributed by atoms with Gasteiger partial charge in [0.25, 0.3) is 0 Å². The SMILES string of the molecule is N#CCc1ccc(C#CCS)cc1. The summed E-state index contributed by atoms with van der Waals surface area (Å²) in [5, 5.41) is 8.44. The Bertz CT molecular complexity index is 362. The van der Waals surface area contributed by atoms with Crippen LogP contribution in [0.4, 0.5) is 0 Å². The molecule has 0 radical (unpaired) electrons. The predicted octanol–water partition coefficient (Wildman–Crippen LogP) is 2.03. The molecular formula is C11H9NS. The number of nitriles is 1. The van der Waals surface area contributed by atoms with Gasteiger partial charge in [0.1, 0.15) is 0 Å². The minimum atomic E-state index is 0.459. The van der Waals surface area contributed by atoms with Crippen molar-refractivity contribution in [3.05, 3.63) is 35.4 Å². The van der Waals surface area contributed by atoms with Gasteiger partial charge in [0.2, 0.25) is 0 Å². The first kappa shape index (κ1) is 9.71. The molecule has 0 N–H and O–H groups in total. The Morgan fingerprint density at radius 2 is 1.92 bits per heavy atom. The summed E-state index contributed by atoms with van der Waals surface area (Å²) >= 11 is 3.99. The van der Waals surface area contributed by atoms with Crippen molar-refractivity contribution < 1.29 is 0 Å². The highest BCUT2D eigenvalue weighted by atomic mass is 32.1. The Labute approximate surface area is 83.8 Å². The van der Waals surface area contributed by atoms with Crippen LogP contribution in [0.1, 0.15) is 11.1 Å². The Morgan fingerprint density at radius 1 is 1.23 bits per heavy atom. The van der Waals surface area contributed by atoms with Gasteiger partial charge in [-0.1, -0.05) is 24.0 Å². The van der Waals surface area contributed by atoms with E-state index in [1.54, 1.807) is 0 Å². The summed E-state index contributed by atoms with van der Waals surface area (Å²) in [5.41, 5.74) is 2.00. The topological polar surface area (TPSA) is 23.8 Å². The van der Waals surface area contributed by atoms with Crippen molar-refractivity contribution in [1.29, 1.82) is 5.26 Å². The molecule has 0 aromatic heterocycles. The van der Waals surface area contributed by atoms with Crippen molar-refractivity contribution in [3.8, 4) is 17.9 Å². The number of nitrogens with zero attached hydrogens (tertiary/aromatic N) is 1. The molecule has 13 heavy (non-hydrogen) atoms. The summed E-state index contributed by atoms with van der Waals surface area (Å²) in [6.45, 7) is 0. The molecule has 1 nitrogen and oxygen atoms in total. The van der Waals surface area contributed by atoms with Gasteiger partial charge in [-0.15, -0.1) is 0 Å². The van der Waals surface area contributed by atoms with Crippen LogP contribution in [0.5, 0.6) is 0 Å². The molecule has 0 atom stereocenters. The number of hydrogen-bond acceptors (Lipinski definition) is 2. The summed E-state index contributed by atoms with van der Waals surface area (Å²) in [5.74, 6) is 6.39. The van der Waals surface area contributed by atoms with E-state index in [1.165, 1.54) is 0 Å². The highest BCUT2D eigenvalue weighted by Gasteiger charge is 1.90. The molecule has 1 rings (SSSR count). The van der Waals surface area contributed by atoms with Crippen LogP contribution in [0.2, 0.25) is 0 Å². The first-order valence-corrected chi connectivity index (χ1v) is 4.55. The third kappa shape index (κ3) is 3.23. The average molecular weight is 187 g/mol. The molecule has 0 unspecified atom stereocenters. The van der Waals surface area contributed by atoms with Gasteiger partial charge in [-0.3, -0.25) is 0 Å². The number of hydrogen-bond donors (Lipinski definition) is 1. The number of thiol groups is 1. The Kier molecular flexibility index (Phi) is 3.96. The highest BCUT2D eigenvalue weighted by Crippen LogP contribution is 2.03. The molecular weight excluding hydrogens is 178 g/mol. The molecule has 0 heterocycles. The highest BCUT2D eigenvalue weighted by molar-refractivity contribution is 7.80. The molecule has 0 aliphatic carbocycles. The van der Waals surface area contributed by atoms with Crippen molar-refractivity contribution in [3.63, 3.8) is 0 Å². The quantitative estimate of drug-likeness (QED) is 0.528. The molecule has 1 aromatic rings. The largest absolute Gasteiger partial charge is 0.198 e. The fraction of sp³-hybridized carbons (Fsp3) is 0.182. The van der Waals surface area contributed by atoms with E-state index in [2.05, 4.69) is 30.5 Å². The molecule has 0 aliphatic heterocycles. The standard InChI is InChI=1S/C11H9NS/c12-8-7-11-5-3-10(4-6-11)2-1-9-13/h3-6,13H,7,9H2. The van der Waals surface area contributed by atoms with E-state index in [0.29, 0.717) is 12.2 Å². The van der Waals surface area contributed by atoms with Crippen LogP contribution in [-0.4, -0.2) is 5.75 Å². The summed E-state index contributed by atoms with van der Waals surface area (Å²) in [6, 6.07) is 9.78. The normalized spacial score (nSPS) is 8.31. The van der Waals surface area contributed by atoms with E-state index in [9.17, 15) is 0 Å². The second kappa shape index (κ2) is 5.30. The number of benzene rings is 1. The van der Waals surface area contributed by atoms with Gasteiger partial charge in [0.05, 0.1) is 18.2 Å². The summed E-state index contributed by atoms with van der Waals surface area (Å²) in [6.07, 6.45) is 0.459. The monoisotopic (exact) mass is 187 g/mol. The van der Waals surface area contributed by atoms with Crippen molar-refractivity contribution >= 4 is 12.6 Å². The summed E-state index contributed by atoms with van der Waals surface area (Å²) < 4.78 is 0. The lowest BCUT2D eigenvalue weighted by molar-refractivity contribution is 1.26. The molecule has 0 spiro atoms. The zero-order chi connectivity index (χ0) is 9.52. The minimum Gasteiger partial charge on any atom is -0.198 e. The first-order chi connectivity index (χ1) is 6.36. The van der Waals surface area contributed by atoms with Crippen LogP contribution in [0, 0.1) is 23.2 Å². The molecule has 64 valence electrons. The average Bonchev–Trinajstić information content (AvgIpc) is 2.17. The summed E-state index contributed by atoms with van der Waals surface area (Å²) in [7, 11) is 0. The van der Waals surface area contributed by atoms with Crippen LogP contribution in [-0.2, 0) is 6.42 Å². The van der Waals surface area contributed by atoms with Crippen molar-refractivity contribution in [2.24, 2.45) is 0 Å².